The fraction of sp³-hybridized carbons (Fsp3) is 0.733. The van der Waals surface area contributed by atoms with Crippen LogP contribution in [0.4, 0.5) is 0 Å². The highest BCUT2D eigenvalue weighted by Gasteiger charge is 2.40. The molecule has 0 saturated carbocycles. The van der Waals surface area contributed by atoms with Crippen LogP contribution in [0.1, 0.15) is 45.4 Å². The molecule has 1 saturated heterocycles. The summed E-state index contributed by atoms with van der Waals surface area (Å²) in [5, 5.41) is 13.2. The van der Waals surface area contributed by atoms with E-state index < -0.39 is 5.60 Å². The number of allylic oxidation sites excluding steroid dienone is 1. The zero-order valence-corrected chi connectivity index (χ0v) is 12.2. The number of amides is 2. The van der Waals surface area contributed by atoms with Crippen LogP contribution in [0.3, 0.4) is 0 Å². The molecule has 1 atom stereocenters. The van der Waals surface area contributed by atoms with Crippen molar-refractivity contribution in [2.45, 2.75) is 51.0 Å². The molecule has 2 rings (SSSR count). The number of carbonyl (C=O) groups excluding carboxylic acids is 2. The Morgan fingerprint density at radius 3 is 2.90 bits per heavy atom. The highest BCUT2D eigenvalue weighted by atomic mass is 16.3. The van der Waals surface area contributed by atoms with Crippen molar-refractivity contribution in [3.63, 3.8) is 0 Å². The maximum Gasteiger partial charge on any atom is 0.253 e. The van der Waals surface area contributed by atoms with Gasteiger partial charge < -0.3 is 15.3 Å². The van der Waals surface area contributed by atoms with Gasteiger partial charge >= 0.3 is 0 Å². The van der Waals surface area contributed by atoms with Crippen LogP contribution in [0.5, 0.6) is 0 Å². The van der Waals surface area contributed by atoms with Crippen LogP contribution in [0.15, 0.2) is 11.6 Å². The molecule has 20 heavy (non-hydrogen) atoms. The van der Waals surface area contributed by atoms with E-state index in [1.807, 2.05) is 0 Å². The van der Waals surface area contributed by atoms with E-state index in [0.717, 1.165) is 19.3 Å². The van der Waals surface area contributed by atoms with Gasteiger partial charge in [0, 0.05) is 20.0 Å². The molecular formula is C15H24N2O3. The first-order chi connectivity index (χ1) is 9.51. The van der Waals surface area contributed by atoms with Crippen LogP contribution < -0.4 is 5.32 Å². The summed E-state index contributed by atoms with van der Waals surface area (Å²) in [5.74, 6) is -0.436. The van der Waals surface area contributed by atoms with Crippen molar-refractivity contribution in [1.82, 2.24) is 10.2 Å². The van der Waals surface area contributed by atoms with Crippen LogP contribution in [0, 0.1) is 0 Å². The summed E-state index contributed by atoms with van der Waals surface area (Å²) >= 11 is 0. The molecule has 1 unspecified atom stereocenters. The lowest BCUT2D eigenvalue weighted by molar-refractivity contribution is -0.150. The molecule has 0 radical (unpaired) electrons. The van der Waals surface area contributed by atoms with Gasteiger partial charge in [-0.25, -0.2) is 0 Å². The second-order valence-corrected chi connectivity index (χ2v) is 5.84. The maximum absolute atomic E-state index is 12.1. The van der Waals surface area contributed by atoms with E-state index in [4.69, 9.17) is 0 Å². The number of likely N-dealkylation sites (tertiary alicyclic amines) is 1. The SMILES string of the molecule is CC(=O)N1CCCC(O)(C(=O)NCCC2=CCCC2)C1. The lowest BCUT2D eigenvalue weighted by Gasteiger charge is -2.37. The molecule has 1 fully saturated rings. The predicted molar refractivity (Wildman–Crippen MR) is 76.0 cm³/mol. The van der Waals surface area contributed by atoms with Gasteiger partial charge in [0.1, 0.15) is 0 Å². The van der Waals surface area contributed by atoms with Crippen LogP contribution in [-0.4, -0.2) is 47.1 Å². The summed E-state index contributed by atoms with van der Waals surface area (Å²) in [7, 11) is 0. The number of carbonyl (C=O) groups is 2. The minimum atomic E-state index is -1.42. The van der Waals surface area contributed by atoms with Gasteiger partial charge in [0.25, 0.3) is 5.91 Å². The van der Waals surface area contributed by atoms with Gasteiger partial charge in [-0.05, 0) is 38.5 Å². The summed E-state index contributed by atoms with van der Waals surface area (Å²) in [6, 6.07) is 0. The quantitative estimate of drug-likeness (QED) is 0.754. The van der Waals surface area contributed by atoms with Crippen LogP contribution in [-0.2, 0) is 9.59 Å². The fourth-order valence-electron chi connectivity index (χ4n) is 2.96. The van der Waals surface area contributed by atoms with Crippen molar-refractivity contribution in [2.75, 3.05) is 19.6 Å². The number of β-amino-alcohol motifs (C(OH)–C–C–N with tert-alkyl or cyclic N) is 1. The average molecular weight is 280 g/mol. The number of nitrogens with one attached hydrogen (secondary N) is 1. The Bertz CT molecular complexity index is 419. The largest absolute Gasteiger partial charge is 0.378 e. The summed E-state index contributed by atoms with van der Waals surface area (Å²) in [5.41, 5.74) is -0.0279. The Labute approximate surface area is 120 Å². The van der Waals surface area contributed by atoms with Gasteiger partial charge in [-0.2, -0.15) is 0 Å². The second kappa shape index (κ2) is 6.39. The summed E-state index contributed by atoms with van der Waals surface area (Å²) in [6.45, 7) is 2.76. The molecule has 0 aromatic rings. The molecule has 2 aliphatic rings. The second-order valence-electron chi connectivity index (χ2n) is 5.84. The molecule has 2 amide bonds. The monoisotopic (exact) mass is 280 g/mol. The van der Waals surface area contributed by atoms with Crippen LogP contribution in [0.25, 0.3) is 0 Å². The Kier molecular flexibility index (Phi) is 4.81. The Morgan fingerprint density at radius 1 is 1.45 bits per heavy atom. The average Bonchev–Trinajstić information content (AvgIpc) is 2.91. The highest BCUT2D eigenvalue weighted by Crippen LogP contribution is 2.22. The Balaban J connectivity index is 1.82. The van der Waals surface area contributed by atoms with Gasteiger partial charge in [0.2, 0.25) is 5.91 Å². The van der Waals surface area contributed by atoms with E-state index in [1.54, 1.807) is 4.90 Å². The van der Waals surface area contributed by atoms with Gasteiger partial charge in [-0.1, -0.05) is 11.6 Å². The van der Waals surface area contributed by atoms with Gasteiger partial charge in [0.05, 0.1) is 6.54 Å². The predicted octanol–water partition coefficient (Wildman–Crippen LogP) is 0.976. The van der Waals surface area contributed by atoms with Crippen molar-refractivity contribution in [3.8, 4) is 0 Å². The van der Waals surface area contributed by atoms with Crippen LogP contribution >= 0.6 is 0 Å². The van der Waals surface area contributed by atoms with E-state index in [9.17, 15) is 14.7 Å². The van der Waals surface area contributed by atoms with E-state index >= 15 is 0 Å². The van der Waals surface area contributed by atoms with Crippen molar-refractivity contribution in [3.05, 3.63) is 11.6 Å². The Hall–Kier alpha value is -1.36. The van der Waals surface area contributed by atoms with E-state index in [1.165, 1.54) is 18.9 Å². The van der Waals surface area contributed by atoms with Gasteiger partial charge in [0.15, 0.2) is 5.60 Å². The molecule has 0 aromatic heterocycles. The summed E-state index contributed by atoms with van der Waals surface area (Å²) < 4.78 is 0. The third-order valence-corrected chi connectivity index (χ3v) is 4.21. The van der Waals surface area contributed by atoms with E-state index in [-0.39, 0.29) is 18.4 Å². The maximum atomic E-state index is 12.1. The topological polar surface area (TPSA) is 69.6 Å². The molecule has 0 aromatic carbocycles. The first-order valence-electron chi connectivity index (χ1n) is 7.45. The first-order valence-corrected chi connectivity index (χ1v) is 7.45. The van der Waals surface area contributed by atoms with Gasteiger partial charge in [-0.3, -0.25) is 9.59 Å². The molecular weight excluding hydrogens is 256 g/mol. The number of aliphatic hydroxyl groups is 1. The van der Waals surface area contributed by atoms with Crippen LogP contribution in [0.2, 0.25) is 0 Å². The number of hydrogen-bond donors (Lipinski definition) is 2. The molecule has 0 bridgehead atoms. The third-order valence-electron chi connectivity index (χ3n) is 4.21. The van der Waals surface area contributed by atoms with E-state index in [2.05, 4.69) is 11.4 Å². The molecule has 112 valence electrons. The first kappa shape index (κ1) is 15.0. The number of piperidine rings is 1. The molecule has 5 heteroatoms. The van der Waals surface area contributed by atoms with Crippen molar-refractivity contribution < 1.29 is 14.7 Å². The van der Waals surface area contributed by atoms with Gasteiger partial charge in [-0.15, -0.1) is 0 Å². The molecule has 1 aliphatic carbocycles. The molecule has 0 spiro atoms. The van der Waals surface area contributed by atoms with E-state index in [0.29, 0.717) is 25.9 Å². The van der Waals surface area contributed by atoms with Crippen molar-refractivity contribution in [2.24, 2.45) is 0 Å². The Morgan fingerprint density at radius 2 is 2.25 bits per heavy atom. The smallest absolute Gasteiger partial charge is 0.253 e. The number of hydrogen-bond acceptors (Lipinski definition) is 3. The molecule has 5 nitrogen and oxygen atoms in total. The highest BCUT2D eigenvalue weighted by molar-refractivity contribution is 5.86. The minimum Gasteiger partial charge on any atom is -0.378 e. The summed E-state index contributed by atoms with van der Waals surface area (Å²) in [6.07, 6.45) is 7.65. The number of rotatable bonds is 4. The minimum absolute atomic E-state index is 0.0907. The zero-order chi connectivity index (χ0) is 14.6. The van der Waals surface area contributed by atoms with Crippen molar-refractivity contribution >= 4 is 11.8 Å². The third kappa shape index (κ3) is 3.60. The fourth-order valence-corrected chi connectivity index (χ4v) is 2.96. The number of nitrogens with zero attached hydrogens (tertiary/aromatic N) is 1. The molecule has 1 heterocycles. The lowest BCUT2D eigenvalue weighted by atomic mass is 9.91. The molecule has 2 N–H and O–H groups in total. The summed E-state index contributed by atoms with van der Waals surface area (Å²) in [4.78, 5) is 25.1. The zero-order valence-electron chi connectivity index (χ0n) is 12.2. The lowest BCUT2D eigenvalue weighted by Crippen LogP contribution is -2.58. The standard InChI is InChI=1S/C15H24N2O3/c1-12(18)17-10-4-8-15(20,11-17)14(19)16-9-7-13-5-2-3-6-13/h5,20H,2-4,6-11H2,1H3,(H,16,19). The normalized spacial score (nSPS) is 26.3. The van der Waals surface area contributed by atoms with Crippen molar-refractivity contribution in [1.29, 1.82) is 0 Å². The molecule has 1 aliphatic heterocycles.